The molecule has 0 bridgehead atoms. The van der Waals surface area contributed by atoms with Crippen LogP contribution in [0.1, 0.15) is 13.8 Å². The fourth-order valence-electron chi connectivity index (χ4n) is 0.782. The minimum Gasteiger partial charge on any atom is -0.443 e. The van der Waals surface area contributed by atoms with Crippen LogP contribution in [0.15, 0.2) is 11.5 Å². The van der Waals surface area contributed by atoms with Gasteiger partial charge in [-0.2, -0.15) is 0 Å². The summed E-state index contributed by atoms with van der Waals surface area (Å²) in [4.78, 5) is 10.7. The minimum atomic E-state index is -0.807. The quantitative estimate of drug-likeness (QED) is 0.565. The van der Waals surface area contributed by atoms with Crippen LogP contribution in [0.4, 0.5) is 0 Å². The van der Waals surface area contributed by atoms with Crippen LogP contribution in [0.3, 0.4) is 0 Å². The molecular formula is C6H9NO3. The summed E-state index contributed by atoms with van der Waals surface area (Å²) >= 11 is 0. The molecule has 0 saturated carbocycles. The van der Waals surface area contributed by atoms with Crippen LogP contribution in [0.2, 0.25) is 0 Å². The molecule has 4 nitrogen and oxygen atoms in total. The van der Waals surface area contributed by atoms with Gasteiger partial charge in [0.15, 0.2) is 5.78 Å². The van der Waals surface area contributed by atoms with Gasteiger partial charge in [0.25, 0.3) is 6.41 Å². The molecule has 0 spiro atoms. The Hall–Kier alpha value is -1.03. The number of ketones is 1. The summed E-state index contributed by atoms with van der Waals surface area (Å²) in [6.45, 7) is 3.05. The van der Waals surface area contributed by atoms with E-state index < -0.39 is 6.41 Å². The number of carbonyl (C=O) groups excluding carboxylic acids is 1. The molecule has 1 heterocycles. The zero-order valence-electron chi connectivity index (χ0n) is 5.88. The molecule has 2 N–H and O–H groups in total. The molecule has 4 heteroatoms. The van der Waals surface area contributed by atoms with E-state index >= 15 is 0 Å². The second-order valence-corrected chi connectivity index (χ2v) is 2.05. The number of Topliss-reactive ketones (excluding diaryl/α,β-unsaturated/α-hetero) is 1. The first-order valence-electron chi connectivity index (χ1n) is 2.92. The number of allylic oxidation sites excluding steroid dienone is 2. The van der Waals surface area contributed by atoms with E-state index in [1.54, 1.807) is 6.92 Å². The number of hydrogen-bond donors (Lipinski definition) is 1. The van der Waals surface area contributed by atoms with E-state index in [9.17, 15) is 4.79 Å². The monoisotopic (exact) mass is 143 g/mol. The van der Waals surface area contributed by atoms with Gasteiger partial charge in [-0.15, -0.1) is 0 Å². The van der Waals surface area contributed by atoms with Crippen LogP contribution in [-0.4, -0.2) is 12.2 Å². The van der Waals surface area contributed by atoms with Gasteiger partial charge in [-0.3, -0.25) is 10.5 Å². The summed E-state index contributed by atoms with van der Waals surface area (Å²) < 4.78 is 9.67. The van der Waals surface area contributed by atoms with Crippen molar-refractivity contribution in [3.63, 3.8) is 0 Å². The Balaban J connectivity index is 2.76. The zero-order valence-corrected chi connectivity index (χ0v) is 5.88. The molecule has 0 saturated heterocycles. The number of rotatable bonds is 1. The van der Waals surface area contributed by atoms with Crippen molar-refractivity contribution in [2.75, 3.05) is 0 Å². The number of nitrogens with two attached hydrogens (primary N) is 1. The van der Waals surface area contributed by atoms with Crippen LogP contribution < -0.4 is 5.73 Å². The largest absolute Gasteiger partial charge is 0.443 e. The fourth-order valence-corrected chi connectivity index (χ4v) is 0.782. The molecule has 1 atom stereocenters. The number of carbonyl (C=O) groups is 1. The lowest BCUT2D eigenvalue weighted by Crippen LogP contribution is -2.21. The lowest BCUT2D eigenvalue weighted by atomic mass is 10.3. The molecule has 56 valence electrons. The highest BCUT2D eigenvalue weighted by molar-refractivity contribution is 5.91. The second-order valence-electron chi connectivity index (χ2n) is 2.05. The maximum Gasteiger partial charge on any atom is 0.299 e. The van der Waals surface area contributed by atoms with Gasteiger partial charge in [0.05, 0.1) is 0 Å². The Labute approximate surface area is 58.6 Å². The molecular weight excluding hydrogens is 134 g/mol. The van der Waals surface area contributed by atoms with Crippen LogP contribution in [-0.2, 0) is 14.3 Å². The molecule has 0 aliphatic carbocycles. The third-order valence-corrected chi connectivity index (χ3v) is 1.17. The van der Waals surface area contributed by atoms with E-state index in [0.717, 1.165) is 0 Å². The van der Waals surface area contributed by atoms with E-state index in [1.807, 2.05) is 0 Å². The van der Waals surface area contributed by atoms with Crippen LogP contribution >= 0.6 is 0 Å². The molecule has 0 aromatic carbocycles. The van der Waals surface area contributed by atoms with Crippen molar-refractivity contribution in [2.24, 2.45) is 5.73 Å². The highest BCUT2D eigenvalue weighted by Gasteiger charge is 2.23. The minimum absolute atomic E-state index is 0.162. The van der Waals surface area contributed by atoms with Crippen molar-refractivity contribution in [2.45, 2.75) is 20.3 Å². The average molecular weight is 143 g/mol. The van der Waals surface area contributed by atoms with Crippen molar-refractivity contribution in [1.82, 2.24) is 0 Å². The van der Waals surface area contributed by atoms with Crippen molar-refractivity contribution < 1.29 is 14.3 Å². The first-order valence-corrected chi connectivity index (χ1v) is 2.92. The third kappa shape index (κ3) is 1.11. The van der Waals surface area contributed by atoms with E-state index in [1.165, 1.54) is 6.92 Å². The molecule has 0 aromatic rings. The van der Waals surface area contributed by atoms with Crippen molar-refractivity contribution >= 4 is 5.78 Å². The van der Waals surface area contributed by atoms with Gasteiger partial charge in [0, 0.05) is 6.92 Å². The molecule has 1 unspecified atom stereocenters. The molecule has 0 aromatic heterocycles. The summed E-state index contributed by atoms with van der Waals surface area (Å²) in [6, 6.07) is 0. The summed E-state index contributed by atoms with van der Waals surface area (Å²) in [6.07, 6.45) is -0.807. The van der Waals surface area contributed by atoms with Crippen molar-refractivity contribution in [3.05, 3.63) is 11.5 Å². The first-order chi connectivity index (χ1) is 4.61. The predicted octanol–water partition coefficient (Wildman–Crippen LogP) is 0.0960. The van der Waals surface area contributed by atoms with Gasteiger partial charge in [0.1, 0.15) is 5.76 Å². The van der Waals surface area contributed by atoms with Gasteiger partial charge in [0.2, 0.25) is 5.76 Å². The van der Waals surface area contributed by atoms with E-state index in [-0.39, 0.29) is 11.5 Å². The second kappa shape index (κ2) is 2.30. The van der Waals surface area contributed by atoms with E-state index in [0.29, 0.717) is 5.76 Å². The Bertz CT molecular complexity index is 197. The van der Waals surface area contributed by atoms with Gasteiger partial charge in [-0.25, -0.2) is 0 Å². The lowest BCUT2D eigenvalue weighted by molar-refractivity contribution is -0.119. The Morgan fingerprint density at radius 1 is 1.60 bits per heavy atom. The topological polar surface area (TPSA) is 61.5 Å². The highest BCUT2D eigenvalue weighted by atomic mass is 16.7. The molecule has 0 radical (unpaired) electrons. The average Bonchev–Trinajstić information content (AvgIpc) is 2.10. The van der Waals surface area contributed by atoms with Crippen molar-refractivity contribution in [1.29, 1.82) is 0 Å². The molecule has 10 heavy (non-hydrogen) atoms. The number of hydrogen-bond acceptors (Lipinski definition) is 4. The number of ether oxygens (including phenoxy) is 2. The standard InChI is InChI=1S/C6H9NO3/c1-3(8)5-4(2)9-6(7)10-5/h6H,7H2,1-2H3. The maximum absolute atomic E-state index is 10.7. The summed E-state index contributed by atoms with van der Waals surface area (Å²) in [5, 5.41) is 0. The Kier molecular flexibility index (Phi) is 1.63. The molecule has 0 fully saturated rings. The molecule has 1 aliphatic rings. The maximum atomic E-state index is 10.7. The van der Waals surface area contributed by atoms with Gasteiger partial charge < -0.3 is 9.47 Å². The van der Waals surface area contributed by atoms with Gasteiger partial charge in [-0.05, 0) is 6.92 Å². The smallest absolute Gasteiger partial charge is 0.299 e. The van der Waals surface area contributed by atoms with Crippen LogP contribution in [0, 0.1) is 0 Å². The zero-order chi connectivity index (χ0) is 7.72. The van der Waals surface area contributed by atoms with E-state index in [2.05, 4.69) is 0 Å². The summed E-state index contributed by atoms with van der Waals surface area (Å²) in [7, 11) is 0. The van der Waals surface area contributed by atoms with Crippen molar-refractivity contribution in [3.8, 4) is 0 Å². The molecule has 0 amide bonds. The Morgan fingerprint density at radius 3 is 2.40 bits per heavy atom. The predicted molar refractivity (Wildman–Crippen MR) is 33.5 cm³/mol. The highest BCUT2D eigenvalue weighted by Crippen LogP contribution is 2.18. The normalized spacial score (nSPS) is 24.1. The SMILES string of the molecule is CC(=O)C1=C(C)OC(N)O1. The summed E-state index contributed by atoms with van der Waals surface area (Å²) in [5.74, 6) is 0.526. The first kappa shape index (κ1) is 7.08. The lowest BCUT2D eigenvalue weighted by Gasteiger charge is -2.02. The van der Waals surface area contributed by atoms with Crippen LogP contribution in [0.5, 0.6) is 0 Å². The summed E-state index contributed by atoms with van der Waals surface area (Å²) in [5.41, 5.74) is 5.22. The third-order valence-electron chi connectivity index (χ3n) is 1.17. The molecule has 1 rings (SSSR count). The Morgan fingerprint density at radius 2 is 2.20 bits per heavy atom. The fraction of sp³-hybridized carbons (Fsp3) is 0.500. The van der Waals surface area contributed by atoms with E-state index in [4.69, 9.17) is 15.2 Å². The van der Waals surface area contributed by atoms with Crippen LogP contribution in [0.25, 0.3) is 0 Å². The van der Waals surface area contributed by atoms with Gasteiger partial charge >= 0.3 is 0 Å². The van der Waals surface area contributed by atoms with Gasteiger partial charge in [-0.1, -0.05) is 0 Å². The molecule has 1 aliphatic heterocycles.